The van der Waals surface area contributed by atoms with Crippen LogP contribution >= 0.6 is 11.6 Å². The van der Waals surface area contributed by atoms with E-state index in [4.69, 9.17) is 20.9 Å². The normalized spacial score (nSPS) is 15.2. The van der Waals surface area contributed by atoms with Gasteiger partial charge in [0.15, 0.2) is 11.4 Å². The summed E-state index contributed by atoms with van der Waals surface area (Å²) in [6.45, 7) is 2.54. The Balaban J connectivity index is 1.18. The summed E-state index contributed by atoms with van der Waals surface area (Å²) in [4.78, 5) is 26.8. The molecule has 0 aliphatic carbocycles. The summed E-state index contributed by atoms with van der Waals surface area (Å²) in [7, 11) is 0. The van der Waals surface area contributed by atoms with E-state index in [0.717, 1.165) is 31.3 Å². The van der Waals surface area contributed by atoms with Crippen LogP contribution < -0.4 is 5.32 Å². The van der Waals surface area contributed by atoms with Crippen molar-refractivity contribution in [2.75, 3.05) is 31.6 Å². The van der Waals surface area contributed by atoms with Crippen LogP contribution in [0, 0.1) is 5.92 Å². The Morgan fingerprint density at radius 1 is 1.17 bits per heavy atom. The zero-order valence-electron chi connectivity index (χ0n) is 16.3. The van der Waals surface area contributed by atoms with Crippen molar-refractivity contribution in [1.82, 2.24) is 10.1 Å². The molecule has 8 heteroatoms. The molecule has 1 aliphatic heterocycles. The smallest absolute Gasteiger partial charge is 0.411 e. The van der Waals surface area contributed by atoms with Gasteiger partial charge in [0.2, 0.25) is 0 Å². The number of ether oxygens (including phenoxy) is 1. The molecular weight excluding hydrogens is 406 g/mol. The van der Waals surface area contributed by atoms with Crippen molar-refractivity contribution < 1.29 is 18.8 Å². The van der Waals surface area contributed by atoms with E-state index in [2.05, 4.69) is 15.4 Å². The Kier molecular flexibility index (Phi) is 6.30. The fourth-order valence-electron chi connectivity index (χ4n) is 3.64. The number of hydrogen-bond donors (Lipinski definition) is 1. The predicted octanol–water partition coefficient (Wildman–Crippen LogP) is 4.62. The Bertz CT molecular complexity index is 1030. The van der Waals surface area contributed by atoms with Crippen molar-refractivity contribution >= 4 is 40.1 Å². The minimum absolute atomic E-state index is 0.0268. The number of aromatic nitrogens is 1. The number of piperidine rings is 1. The third kappa shape index (κ3) is 4.98. The van der Waals surface area contributed by atoms with Crippen molar-refractivity contribution in [3.05, 3.63) is 59.2 Å². The zero-order valence-corrected chi connectivity index (χ0v) is 17.1. The maximum atomic E-state index is 12.6. The summed E-state index contributed by atoms with van der Waals surface area (Å²) in [5, 5.41) is 7.85. The average Bonchev–Trinajstić information content (AvgIpc) is 3.22. The summed E-state index contributed by atoms with van der Waals surface area (Å²) < 4.78 is 10.3. The van der Waals surface area contributed by atoms with Gasteiger partial charge in [-0.25, -0.2) is 4.79 Å². The number of rotatable bonds is 6. The molecule has 0 saturated carbocycles. The molecule has 7 nitrogen and oxygen atoms in total. The van der Waals surface area contributed by atoms with Gasteiger partial charge in [0, 0.05) is 34.1 Å². The first-order valence-corrected chi connectivity index (χ1v) is 10.3. The highest BCUT2D eigenvalue weighted by molar-refractivity contribution is 6.30. The average molecular weight is 428 g/mol. The highest BCUT2D eigenvalue weighted by Crippen LogP contribution is 2.23. The quantitative estimate of drug-likeness (QED) is 0.577. The molecular formula is C22H22ClN3O4. The van der Waals surface area contributed by atoms with Gasteiger partial charge in [0.1, 0.15) is 6.61 Å². The minimum Gasteiger partial charge on any atom is -0.448 e. The molecule has 4 rings (SSSR count). The van der Waals surface area contributed by atoms with Crippen LogP contribution in [0.1, 0.15) is 23.2 Å². The van der Waals surface area contributed by atoms with E-state index in [9.17, 15) is 9.59 Å². The topological polar surface area (TPSA) is 84.7 Å². The van der Waals surface area contributed by atoms with Gasteiger partial charge >= 0.3 is 6.09 Å². The maximum absolute atomic E-state index is 12.6. The third-order valence-corrected chi connectivity index (χ3v) is 5.58. The van der Waals surface area contributed by atoms with E-state index in [0.29, 0.717) is 28.4 Å². The second-order valence-corrected chi connectivity index (χ2v) is 7.76. The fourth-order valence-corrected chi connectivity index (χ4v) is 3.77. The maximum Gasteiger partial charge on any atom is 0.411 e. The van der Waals surface area contributed by atoms with Crippen LogP contribution in [-0.4, -0.2) is 48.2 Å². The molecule has 1 saturated heterocycles. The summed E-state index contributed by atoms with van der Waals surface area (Å²) in [5.41, 5.74) is 1.99. The SMILES string of the molecule is O=C(Nc1ccc2oncc2c1)OCCN1CCC(C(=O)c2ccc(Cl)cc2)CC1. The highest BCUT2D eigenvalue weighted by atomic mass is 35.5. The second kappa shape index (κ2) is 9.28. The van der Waals surface area contributed by atoms with Crippen molar-refractivity contribution in [1.29, 1.82) is 0 Å². The Morgan fingerprint density at radius 2 is 1.93 bits per heavy atom. The number of nitrogens with zero attached hydrogens (tertiary/aromatic N) is 2. The summed E-state index contributed by atoms with van der Waals surface area (Å²) >= 11 is 5.89. The lowest BCUT2D eigenvalue weighted by Gasteiger charge is -2.31. The van der Waals surface area contributed by atoms with Gasteiger partial charge in [-0.05, 0) is 68.4 Å². The molecule has 1 aromatic heterocycles. The molecule has 0 spiro atoms. The number of nitrogens with one attached hydrogen (secondary N) is 1. The molecule has 1 fully saturated rings. The number of amides is 1. The van der Waals surface area contributed by atoms with Gasteiger partial charge in [-0.3, -0.25) is 15.0 Å². The van der Waals surface area contributed by atoms with E-state index < -0.39 is 6.09 Å². The highest BCUT2D eigenvalue weighted by Gasteiger charge is 2.25. The number of benzene rings is 2. The van der Waals surface area contributed by atoms with E-state index in [1.807, 2.05) is 0 Å². The van der Waals surface area contributed by atoms with Crippen LogP contribution in [0.3, 0.4) is 0 Å². The molecule has 1 aliphatic rings. The van der Waals surface area contributed by atoms with Gasteiger partial charge in [-0.15, -0.1) is 0 Å². The number of fused-ring (bicyclic) bond motifs is 1. The predicted molar refractivity (Wildman–Crippen MR) is 114 cm³/mol. The molecule has 0 atom stereocenters. The lowest BCUT2D eigenvalue weighted by Crippen LogP contribution is -2.38. The van der Waals surface area contributed by atoms with Crippen molar-refractivity contribution in [3.63, 3.8) is 0 Å². The number of ketones is 1. The largest absolute Gasteiger partial charge is 0.448 e. The van der Waals surface area contributed by atoms with E-state index in [-0.39, 0.29) is 18.3 Å². The third-order valence-electron chi connectivity index (χ3n) is 5.33. The monoisotopic (exact) mass is 427 g/mol. The first kappa shape index (κ1) is 20.4. The van der Waals surface area contributed by atoms with Gasteiger partial charge in [0.25, 0.3) is 0 Å². The summed E-state index contributed by atoms with van der Waals surface area (Å²) in [6, 6.07) is 12.3. The summed E-state index contributed by atoms with van der Waals surface area (Å²) in [6.07, 6.45) is 2.69. The van der Waals surface area contributed by atoms with Gasteiger partial charge in [-0.2, -0.15) is 0 Å². The lowest BCUT2D eigenvalue weighted by atomic mass is 9.89. The minimum atomic E-state index is -0.501. The molecule has 3 aromatic rings. The Morgan fingerprint density at radius 3 is 2.70 bits per heavy atom. The van der Waals surface area contributed by atoms with Crippen LogP contribution in [0.5, 0.6) is 0 Å². The van der Waals surface area contributed by atoms with E-state index >= 15 is 0 Å². The Labute approximate surface area is 178 Å². The first-order valence-electron chi connectivity index (χ1n) is 9.89. The molecule has 30 heavy (non-hydrogen) atoms. The van der Waals surface area contributed by atoms with Gasteiger partial charge in [-0.1, -0.05) is 16.8 Å². The van der Waals surface area contributed by atoms with Crippen LogP contribution in [0.25, 0.3) is 11.0 Å². The summed E-state index contributed by atoms with van der Waals surface area (Å²) in [5.74, 6) is 0.200. The van der Waals surface area contributed by atoms with Gasteiger partial charge in [0.05, 0.1) is 6.20 Å². The molecule has 156 valence electrons. The number of carbonyl (C=O) groups excluding carboxylic acids is 2. The van der Waals surface area contributed by atoms with Crippen molar-refractivity contribution in [2.24, 2.45) is 5.92 Å². The number of carbonyl (C=O) groups is 2. The second-order valence-electron chi connectivity index (χ2n) is 7.33. The number of anilines is 1. The van der Waals surface area contributed by atoms with Crippen LogP contribution in [-0.2, 0) is 4.74 Å². The van der Waals surface area contributed by atoms with Crippen LogP contribution in [0.4, 0.5) is 10.5 Å². The number of halogens is 1. The van der Waals surface area contributed by atoms with Gasteiger partial charge < -0.3 is 9.26 Å². The van der Waals surface area contributed by atoms with E-state index in [1.54, 1.807) is 48.7 Å². The number of hydrogen-bond acceptors (Lipinski definition) is 6. The number of Topliss-reactive ketones (excluding diaryl/α,β-unsaturated/α-hetero) is 1. The molecule has 2 aromatic carbocycles. The van der Waals surface area contributed by atoms with Crippen molar-refractivity contribution in [3.8, 4) is 0 Å². The Hall–Kier alpha value is -2.90. The standard InChI is InChI=1S/C22H22ClN3O4/c23-18-3-1-15(2-4-18)21(27)16-7-9-26(10-8-16)11-12-29-22(28)25-19-5-6-20-17(13-19)14-24-30-20/h1-6,13-14,16H,7-12H2,(H,25,28). The van der Waals surface area contributed by atoms with Crippen LogP contribution in [0.15, 0.2) is 53.2 Å². The first-order chi connectivity index (χ1) is 14.6. The molecule has 0 bridgehead atoms. The lowest BCUT2D eigenvalue weighted by molar-refractivity contribution is 0.0813. The molecule has 1 N–H and O–H groups in total. The molecule has 0 unspecified atom stereocenters. The van der Waals surface area contributed by atoms with E-state index in [1.165, 1.54) is 0 Å². The zero-order chi connectivity index (χ0) is 20.9. The number of likely N-dealkylation sites (tertiary alicyclic amines) is 1. The molecule has 0 radical (unpaired) electrons. The van der Waals surface area contributed by atoms with Crippen molar-refractivity contribution in [2.45, 2.75) is 12.8 Å². The molecule has 1 amide bonds. The fraction of sp³-hybridized carbons (Fsp3) is 0.318. The molecule has 2 heterocycles. The van der Waals surface area contributed by atoms with Crippen LogP contribution in [0.2, 0.25) is 5.02 Å².